The number of hydrogen-bond acceptors (Lipinski definition) is 34. The van der Waals surface area contributed by atoms with Crippen molar-refractivity contribution in [3.63, 3.8) is 0 Å². The summed E-state index contributed by atoms with van der Waals surface area (Å²) in [6.45, 7) is 35.0. The van der Waals surface area contributed by atoms with Crippen molar-refractivity contribution in [3.8, 4) is 5.75 Å². The fourth-order valence-corrected chi connectivity index (χ4v) is 9.10. The molecule has 0 aliphatic carbocycles. The Hall–Kier alpha value is -15.3. The first-order valence-electron chi connectivity index (χ1n) is 41.1. The van der Waals surface area contributed by atoms with Gasteiger partial charge in [-0.05, 0) is 125 Å². The van der Waals surface area contributed by atoms with Crippen molar-refractivity contribution < 1.29 is 190 Å². The number of nitrogens with one attached hydrogen (secondary N) is 12. The predicted octanol–water partition coefficient (Wildman–Crippen LogP) is 2.18. The van der Waals surface area contributed by atoms with Gasteiger partial charge in [-0.3, -0.25) is 38.4 Å². The number of carboxylic acids is 4. The standard InChI is InChI=1S/C23H43N3O6.C19H37N3O5.C16H20FN5O7.C12H4F5NO2.C10H18N4O6.4CO2/c1-11-12-17(27)24-14-16(21(2,3)4)26-20(30)25-15(19(29)32-23(8,9)10)13-18(28)31-22(5,6)7;1-17(2,3)13(11-20)22-16(25)21-12(15(24)27-19(7,8)9)10-14(23)26-18(4,5)6;17-11-2-1-9(8-21-11)14(26)19-4-3-12(23)18-5-6-20-16(29)22-10(15(27)28)7-13(24)25;13-6-3-7(14)10(17)11(9(6)16)20-12(19)5-1-2-8(15)18-4-5;11-2-1-7(15)12-3-4-13-10(20)14-6(9(18)19)5-8(16)17;4*2-1-3/h15-16H,11-14H2,1-10H3,(H,24,27)(H2,25,26,30);12-13H,10-11,20H2,1-9H3,(H2,21,22,25);1-2,8,10H,3-7H2,(H,18,23)(H,19,26)(H,24,25)(H,27,28)(H2,20,22,29);1-4H;6H,1-5,11H2,(H,12,15)(H,16,17)(H,18,19)(H2,13,14,20);;;;/t15-,16-;12-,13-;10-;;6-;;;;/m000.0..../s1/i;;17-1;15-1;;;;;. The molecule has 2 aromatic heterocycles. The van der Waals surface area contributed by atoms with E-state index in [2.05, 4.69) is 67.9 Å². The van der Waals surface area contributed by atoms with Gasteiger partial charge in [-0.25, -0.2) is 61.9 Å². The number of urea groups is 4. The highest BCUT2D eigenvalue weighted by Gasteiger charge is 2.36. The number of pyridine rings is 2. The van der Waals surface area contributed by atoms with Crippen LogP contribution >= 0.6 is 0 Å². The summed E-state index contributed by atoms with van der Waals surface area (Å²) in [6, 6.07) is -5.19. The average Bonchev–Trinajstić information content (AvgIpc) is 0.804. The van der Waals surface area contributed by atoms with Gasteiger partial charge in [0.15, 0.2) is 11.6 Å². The summed E-state index contributed by atoms with van der Waals surface area (Å²) >= 11 is 0. The van der Waals surface area contributed by atoms with E-state index in [0.717, 1.165) is 37.0 Å². The number of aromatic nitrogens is 2. The monoisotopic (exact) mass is 2010 g/mol. The summed E-state index contributed by atoms with van der Waals surface area (Å²) in [7, 11) is 0. The van der Waals surface area contributed by atoms with E-state index in [1.165, 1.54) is 6.07 Å². The maximum absolute atomic E-state index is 13.2. The van der Waals surface area contributed by atoms with Crippen LogP contribution < -0.4 is 80.0 Å². The molecule has 6 atom stereocenters. The van der Waals surface area contributed by atoms with Crippen molar-refractivity contribution in [1.29, 1.82) is 0 Å². The van der Waals surface area contributed by atoms with E-state index < -0.39 is 196 Å². The molecule has 0 radical (unpaired) electrons. The van der Waals surface area contributed by atoms with Gasteiger partial charge in [0.05, 0.1) is 42.9 Å². The number of amides is 12. The number of hydrogen-bond donors (Lipinski definition) is 18. The molecule has 20 N–H and O–H groups in total. The quantitative estimate of drug-likeness (QED) is 0.00748. The van der Waals surface area contributed by atoms with Crippen molar-refractivity contribution in [2.45, 2.75) is 242 Å². The first-order chi connectivity index (χ1) is 64.4. The second-order valence-electron chi connectivity index (χ2n) is 33.9. The van der Waals surface area contributed by atoms with E-state index in [0.29, 0.717) is 6.42 Å². The minimum absolute atomic E-state index is 0.0193. The third-order valence-electron chi connectivity index (χ3n) is 15.2. The molecule has 0 saturated carbocycles. The molecule has 0 spiro atoms. The molecule has 140 heavy (non-hydrogen) atoms. The van der Waals surface area contributed by atoms with Gasteiger partial charge in [0.25, 0.3) is 5.91 Å². The molecule has 0 aliphatic heterocycles. The topological polar surface area (TPSA) is 776 Å². The maximum atomic E-state index is 13.2. The Kier molecular flexibility index (Phi) is 68.1. The normalized spacial score (nSPS) is 11.7. The zero-order valence-electron chi connectivity index (χ0n) is 80.2. The van der Waals surface area contributed by atoms with Gasteiger partial charge in [0, 0.05) is 96.1 Å². The predicted molar refractivity (Wildman–Crippen MR) is 464 cm³/mol. The largest absolute Gasteiger partial charge is 0.481 e. The molecular weight excluding hydrogens is 1890 g/mol. The number of carbonyl (C=O) groups excluding carboxylic acids is 21. The zero-order chi connectivity index (χ0) is 110. The summed E-state index contributed by atoms with van der Waals surface area (Å²) in [5.41, 5.74) is 7.06. The molecule has 56 heteroatoms. The van der Waals surface area contributed by atoms with Gasteiger partial charge in [0.1, 0.15) is 46.6 Å². The summed E-state index contributed by atoms with van der Waals surface area (Å²) in [5.74, 6) is -21.2. The smallest absolute Gasteiger partial charge is 0.373 e. The van der Waals surface area contributed by atoms with E-state index >= 15 is 0 Å². The van der Waals surface area contributed by atoms with E-state index in [1.807, 2.05) is 59.1 Å². The molecule has 1 aromatic carbocycles. The Labute approximate surface area is 798 Å². The fraction of sp³-hybridized carbons (Fsp3) is 0.560. The third kappa shape index (κ3) is 73.1. The lowest BCUT2D eigenvalue weighted by Gasteiger charge is -2.32. The van der Waals surface area contributed by atoms with E-state index in [1.54, 1.807) is 83.1 Å². The highest BCUT2D eigenvalue weighted by molar-refractivity contribution is 5.95. The molecule has 0 bridgehead atoms. The average molecular weight is 2010 g/mol. The van der Waals surface area contributed by atoms with Crippen LogP contribution in [-0.2, 0) is 110 Å². The van der Waals surface area contributed by atoms with Crippen LogP contribution in [0.15, 0.2) is 42.7 Å². The first-order valence-corrected chi connectivity index (χ1v) is 41.1. The first kappa shape index (κ1) is 135. The van der Waals surface area contributed by atoms with E-state index in [4.69, 9.17) is 89.2 Å². The molecule has 0 unspecified atom stereocenters. The summed E-state index contributed by atoms with van der Waals surface area (Å²) in [6.07, 6.45) is 1.85. The number of esters is 5. The van der Waals surface area contributed by atoms with Crippen molar-refractivity contribution in [2.75, 3.05) is 52.4 Å². The van der Waals surface area contributed by atoms with Crippen LogP contribution in [-0.4, -0.2) is 267 Å². The lowest BCUT2D eigenvalue weighted by molar-refractivity contribution is -0.193. The molecule has 784 valence electrons. The Balaban J connectivity index is -0.000000392. The Bertz CT molecular complexity index is 4570. The Morgan fingerprint density at radius 3 is 1.03 bits per heavy atom. The second-order valence-corrected chi connectivity index (χ2v) is 33.9. The Morgan fingerprint density at radius 2 is 0.721 bits per heavy atom. The molecule has 0 saturated heterocycles. The maximum Gasteiger partial charge on any atom is 0.373 e. The van der Waals surface area contributed by atoms with Crippen molar-refractivity contribution >= 4 is 126 Å². The number of nitrogens with two attached hydrogens (primary N) is 2. The third-order valence-corrected chi connectivity index (χ3v) is 15.2. The van der Waals surface area contributed by atoms with E-state index in [9.17, 15) is 108 Å². The molecule has 2 heterocycles. The highest BCUT2D eigenvalue weighted by Crippen LogP contribution is 2.28. The SMILES string of the molecule is CC(C)(C)OC(=O)C[C@H](NC(=O)N[C@@H](CN)C(C)(C)C)C(=O)OC(C)(C)C.CCCC(=O)NC[C@H](NC(=O)N[C@@H](CC(=O)OC(C)(C)C)C(=O)OC(C)(C)C)C(C)(C)C.NCCC(=O)NCCNC(=O)N[C@@H](CC(=O)O)C(=O)O.O=C(O)C[C@H](NC(=O)NCCNC(=O)CCNC(=O)c1ccc([18F])nc1)C(=O)O.O=C(Oc1c(F)c(F)cc(F)c1F)c1ccc([18F])nc1.O=C=O.O=C=O.O=C=O.O=C=O. The van der Waals surface area contributed by atoms with Gasteiger partial charge < -0.3 is 119 Å². The van der Waals surface area contributed by atoms with Gasteiger partial charge in [0.2, 0.25) is 47.0 Å². The van der Waals surface area contributed by atoms with Gasteiger partial charge in [-0.15, -0.1) is 0 Å². The molecule has 12 amide bonds. The molecule has 3 aromatic rings. The molecule has 50 nitrogen and oxygen atoms in total. The zero-order valence-corrected chi connectivity index (χ0v) is 80.2. The molecule has 0 fully saturated rings. The second kappa shape index (κ2) is 70.4. The summed E-state index contributed by atoms with van der Waals surface area (Å²) in [4.78, 5) is 269. The number of benzene rings is 1. The van der Waals surface area contributed by atoms with Crippen LogP contribution in [0.25, 0.3) is 0 Å². The number of aliphatic carboxylic acids is 4. The van der Waals surface area contributed by atoms with Gasteiger partial charge >= 0.3 is 102 Å². The van der Waals surface area contributed by atoms with Crippen LogP contribution in [0.2, 0.25) is 0 Å². The Morgan fingerprint density at radius 1 is 0.393 bits per heavy atom. The van der Waals surface area contributed by atoms with Crippen LogP contribution in [0.1, 0.15) is 204 Å². The number of carbonyl (C=O) groups is 17. The minimum Gasteiger partial charge on any atom is -0.481 e. The molecule has 3 rings (SSSR count). The summed E-state index contributed by atoms with van der Waals surface area (Å²) in [5, 5.41) is 63.9. The fourth-order valence-electron chi connectivity index (χ4n) is 9.10. The number of nitrogens with zero attached hydrogens (tertiary/aromatic N) is 2. The number of halogens is 6. The number of ether oxygens (including phenoxy) is 5. The minimum atomic E-state index is -1.85. The number of carboxylic acid groups (broad SMARTS) is 4. The summed E-state index contributed by atoms with van der Waals surface area (Å²) < 4.78 is 103. The number of rotatable bonds is 37. The molecule has 0 aliphatic rings. The van der Waals surface area contributed by atoms with Gasteiger partial charge in [-0.2, -0.15) is 55.9 Å². The van der Waals surface area contributed by atoms with Crippen molar-refractivity contribution in [1.82, 2.24) is 73.8 Å². The van der Waals surface area contributed by atoms with Crippen LogP contribution in [0.4, 0.5) is 45.5 Å². The lowest BCUT2D eigenvalue weighted by atomic mass is 9.86. The van der Waals surface area contributed by atoms with Crippen molar-refractivity contribution in [3.05, 3.63) is 89.0 Å². The van der Waals surface area contributed by atoms with Crippen LogP contribution in [0, 0.1) is 46.0 Å². The highest BCUT2D eigenvalue weighted by atomic mass is 19.2. The lowest BCUT2D eigenvalue weighted by Crippen LogP contribution is -2.56. The van der Waals surface area contributed by atoms with Crippen LogP contribution in [0.3, 0.4) is 0 Å². The van der Waals surface area contributed by atoms with Crippen molar-refractivity contribution in [2.24, 2.45) is 22.3 Å². The van der Waals surface area contributed by atoms with E-state index in [-0.39, 0.29) is 149 Å². The van der Waals surface area contributed by atoms with Gasteiger partial charge in [-0.1, -0.05) is 48.5 Å². The molecular formula is C84H122F6N16O34. The van der Waals surface area contributed by atoms with Crippen LogP contribution in [0.5, 0.6) is 5.75 Å².